The predicted octanol–water partition coefficient (Wildman–Crippen LogP) is 4.06. The molecule has 1 heterocycles. The number of aromatic nitrogens is 2. The van der Waals surface area contributed by atoms with Crippen molar-refractivity contribution >= 4 is 23.3 Å². The first kappa shape index (κ1) is 16.4. The molecule has 1 aromatic heterocycles. The Morgan fingerprint density at radius 1 is 1.27 bits per heavy atom. The molecule has 2 amide bonds. The maximum absolute atomic E-state index is 11.7. The predicted molar refractivity (Wildman–Crippen MR) is 90.0 cm³/mol. The van der Waals surface area contributed by atoms with Crippen LogP contribution in [0.4, 0.5) is 10.5 Å². The van der Waals surface area contributed by atoms with Crippen molar-refractivity contribution in [3.63, 3.8) is 0 Å². The van der Waals surface area contributed by atoms with E-state index in [-0.39, 0.29) is 6.03 Å². The van der Waals surface area contributed by atoms with Gasteiger partial charge in [0.25, 0.3) is 0 Å². The number of urea groups is 1. The van der Waals surface area contributed by atoms with Gasteiger partial charge >= 0.3 is 6.03 Å². The maximum Gasteiger partial charge on any atom is 0.319 e. The first-order valence-corrected chi connectivity index (χ1v) is 7.77. The fraction of sp³-hybridized carbons (Fsp3) is 0.375. The molecule has 0 unspecified atom stereocenters. The quantitative estimate of drug-likeness (QED) is 0.816. The van der Waals surface area contributed by atoms with Gasteiger partial charge in [0, 0.05) is 12.2 Å². The number of anilines is 1. The van der Waals surface area contributed by atoms with Crippen LogP contribution in [0.15, 0.2) is 24.3 Å². The van der Waals surface area contributed by atoms with Gasteiger partial charge in [-0.15, -0.1) is 0 Å². The molecular weight excluding hydrogens is 300 g/mol. The van der Waals surface area contributed by atoms with Gasteiger partial charge in [0.1, 0.15) is 0 Å². The molecule has 0 spiro atoms. The lowest BCUT2D eigenvalue weighted by atomic mass is 10.2. The number of carbonyl (C=O) groups excluding carboxylic acids is 1. The number of rotatable bonds is 5. The topological polar surface area (TPSA) is 59.0 Å². The summed E-state index contributed by atoms with van der Waals surface area (Å²) in [5.41, 5.74) is 3.35. The largest absolute Gasteiger partial charge is 0.338 e. The zero-order valence-corrected chi connectivity index (χ0v) is 13.9. The minimum atomic E-state index is -0.185. The normalized spacial score (nSPS) is 10.5. The molecule has 0 saturated carbocycles. The molecule has 118 valence electrons. The zero-order valence-electron chi connectivity index (χ0n) is 13.1. The molecule has 1 aromatic carbocycles. The van der Waals surface area contributed by atoms with Crippen LogP contribution in [-0.2, 0) is 0 Å². The van der Waals surface area contributed by atoms with Crippen LogP contribution in [0.5, 0.6) is 0 Å². The molecule has 6 heteroatoms. The SMILES string of the molecule is CCCCNC(=O)Nc1ccc(-n2nc(C)c(Cl)c2C)cc1. The number of unbranched alkanes of at least 4 members (excludes halogenated alkanes) is 1. The lowest BCUT2D eigenvalue weighted by Gasteiger charge is -2.09. The van der Waals surface area contributed by atoms with Crippen LogP contribution in [0.1, 0.15) is 31.2 Å². The van der Waals surface area contributed by atoms with Crippen molar-refractivity contribution in [2.24, 2.45) is 0 Å². The second kappa shape index (κ2) is 7.31. The van der Waals surface area contributed by atoms with E-state index >= 15 is 0 Å². The Bertz CT molecular complexity index is 649. The van der Waals surface area contributed by atoms with Crippen LogP contribution in [0.3, 0.4) is 0 Å². The fourth-order valence-electron chi connectivity index (χ4n) is 2.12. The third kappa shape index (κ3) is 3.80. The van der Waals surface area contributed by atoms with E-state index in [1.54, 1.807) is 4.68 Å². The molecule has 0 fully saturated rings. The number of aryl methyl sites for hydroxylation is 1. The van der Waals surface area contributed by atoms with Crippen LogP contribution >= 0.6 is 11.6 Å². The number of benzene rings is 1. The first-order valence-electron chi connectivity index (χ1n) is 7.40. The molecule has 2 N–H and O–H groups in total. The van der Waals surface area contributed by atoms with E-state index in [0.29, 0.717) is 11.6 Å². The minimum Gasteiger partial charge on any atom is -0.338 e. The molecule has 0 bridgehead atoms. The highest BCUT2D eigenvalue weighted by molar-refractivity contribution is 6.31. The molecule has 22 heavy (non-hydrogen) atoms. The van der Waals surface area contributed by atoms with Crippen molar-refractivity contribution < 1.29 is 4.79 Å². The molecule has 2 rings (SSSR count). The van der Waals surface area contributed by atoms with Crippen LogP contribution in [0.2, 0.25) is 5.02 Å². The number of amides is 2. The highest BCUT2D eigenvalue weighted by Crippen LogP contribution is 2.23. The highest BCUT2D eigenvalue weighted by Gasteiger charge is 2.10. The molecule has 0 saturated heterocycles. The van der Waals surface area contributed by atoms with Crippen molar-refractivity contribution in [1.29, 1.82) is 0 Å². The number of nitrogens with one attached hydrogen (secondary N) is 2. The van der Waals surface area contributed by atoms with E-state index in [9.17, 15) is 4.79 Å². The summed E-state index contributed by atoms with van der Waals surface area (Å²) in [7, 11) is 0. The Kier molecular flexibility index (Phi) is 5.44. The van der Waals surface area contributed by atoms with E-state index in [0.717, 1.165) is 35.6 Å². The van der Waals surface area contributed by atoms with E-state index in [1.807, 2.05) is 38.1 Å². The fourth-order valence-corrected chi connectivity index (χ4v) is 2.23. The standard InChI is InChI=1S/C16H21ClN4O/c1-4-5-10-18-16(22)19-13-6-8-14(9-7-13)21-12(3)15(17)11(2)20-21/h6-9H,4-5,10H2,1-3H3,(H2,18,19,22). The summed E-state index contributed by atoms with van der Waals surface area (Å²) in [5.74, 6) is 0. The summed E-state index contributed by atoms with van der Waals surface area (Å²) in [4.78, 5) is 11.7. The van der Waals surface area contributed by atoms with Gasteiger partial charge in [-0.3, -0.25) is 0 Å². The summed E-state index contributed by atoms with van der Waals surface area (Å²) in [6.45, 7) is 6.58. The van der Waals surface area contributed by atoms with Crippen LogP contribution in [-0.4, -0.2) is 22.4 Å². The molecule has 0 aliphatic rings. The van der Waals surface area contributed by atoms with Gasteiger partial charge in [0.05, 0.1) is 22.1 Å². The number of nitrogens with zero attached hydrogens (tertiary/aromatic N) is 2. The zero-order chi connectivity index (χ0) is 16.1. The molecular formula is C16H21ClN4O. The maximum atomic E-state index is 11.7. The van der Waals surface area contributed by atoms with Crippen molar-refractivity contribution in [3.05, 3.63) is 40.7 Å². The lowest BCUT2D eigenvalue weighted by molar-refractivity contribution is 0.252. The Hall–Kier alpha value is -2.01. The smallest absolute Gasteiger partial charge is 0.319 e. The average molecular weight is 321 g/mol. The Morgan fingerprint density at radius 2 is 1.95 bits per heavy atom. The number of halogens is 1. The van der Waals surface area contributed by atoms with E-state index in [2.05, 4.69) is 22.7 Å². The van der Waals surface area contributed by atoms with Crippen molar-refractivity contribution in [1.82, 2.24) is 15.1 Å². The summed E-state index contributed by atoms with van der Waals surface area (Å²) in [6.07, 6.45) is 2.03. The van der Waals surface area contributed by atoms with Crippen molar-refractivity contribution in [2.45, 2.75) is 33.6 Å². The summed E-state index contributed by atoms with van der Waals surface area (Å²) >= 11 is 6.16. The summed E-state index contributed by atoms with van der Waals surface area (Å²) in [5, 5.41) is 10.7. The number of hydrogen-bond acceptors (Lipinski definition) is 2. The third-order valence-electron chi connectivity index (χ3n) is 3.39. The molecule has 0 aliphatic carbocycles. The second-order valence-corrected chi connectivity index (χ2v) is 5.56. The number of carbonyl (C=O) groups is 1. The van der Waals surface area contributed by atoms with Gasteiger partial charge in [-0.25, -0.2) is 9.48 Å². The van der Waals surface area contributed by atoms with Crippen molar-refractivity contribution in [2.75, 3.05) is 11.9 Å². The van der Waals surface area contributed by atoms with Gasteiger partial charge in [0.2, 0.25) is 0 Å². The third-order valence-corrected chi connectivity index (χ3v) is 3.94. The Morgan fingerprint density at radius 3 is 2.50 bits per heavy atom. The van der Waals surface area contributed by atoms with Crippen molar-refractivity contribution in [3.8, 4) is 5.69 Å². The second-order valence-electron chi connectivity index (χ2n) is 5.18. The molecule has 0 radical (unpaired) electrons. The van der Waals surface area contributed by atoms with Gasteiger partial charge in [-0.05, 0) is 44.5 Å². The first-order chi connectivity index (χ1) is 10.5. The van der Waals surface area contributed by atoms with Gasteiger partial charge in [-0.1, -0.05) is 24.9 Å². The minimum absolute atomic E-state index is 0.185. The monoisotopic (exact) mass is 320 g/mol. The van der Waals surface area contributed by atoms with E-state index < -0.39 is 0 Å². The molecule has 2 aromatic rings. The van der Waals surface area contributed by atoms with Crippen LogP contribution in [0.25, 0.3) is 5.69 Å². The van der Waals surface area contributed by atoms with Gasteiger partial charge in [-0.2, -0.15) is 5.10 Å². The summed E-state index contributed by atoms with van der Waals surface area (Å²) < 4.78 is 1.79. The van der Waals surface area contributed by atoms with Gasteiger partial charge in [0.15, 0.2) is 0 Å². The summed E-state index contributed by atoms with van der Waals surface area (Å²) in [6, 6.07) is 7.31. The molecule has 0 atom stereocenters. The van der Waals surface area contributed by atoms with Crippen LogP contribution < -0.4 is 10.6 Å². The molecule has 5 nitrogen and oxygen atoms in total. The van der Waals surface area contributed by atoms with E-state index in [1.165, 1.54) is 0 Å². The highest BCUT2D eigenvalue weighted by atomic mass is 35.5. The van der Waals surface area contributed by atoms with Crippen LogP contribution in [0, 0.1) is 13.8 Å². The lowest BCUT2D eigenvalue weighted by Crippen LogP contribution is -2.29. The molecule has 0 aliphatic heterocycles. The Balaban J connectivity index is 2.04. The van der Waals surface area contributed by atoms with Gasteiger partial charge < -0.3 is 10.6 Å². The Labute approximate surface area is 135 Å². The van der Waals surface area contributed by atoms with E-state index in [4.69, 9.17) is 11.6 Å². The number of hydrogen-bond donors (Lipinski definition) is 2. The average Bonchev–Trinajstić information content (AvgIpc) is 2.76.